The Labute approximate surface area is 161 Å². The molecule has 8 heteroatoms. The molecule has 2 aromatic carbocycles. The van der Waals surface area contributed by atoms with Crippen molar-refractivity contribution in [3.05, 3.63) is 71.8 Å². The van der Waals surface area contributed by atoms with E-state index in [0.29, 0.717) is 12.8 Å². The molecule has 2 unspecified atom stereocenters. The SMILES string of the molecule is O=C1NC(=O)C(Cc2ccccc2)N1.O=C1NC(=O)C(Cc2ccccc2)N1. The van der Waals surface area contributed by atoms with Crippen LogP contribution in [-0.4, -0.2) is 36.0 Å². The molecule has 2 heterocycles. The van der Waals surface area contributed by atoms with Gasteiger partial charge in [0.15, 0.2) is 0 Å². The van der Waals surface area contributed by atoms with E-state index in [1.54, 1.807) is 0 Å². The van der Waals surface area contributed by atoms with Crippen LogP contribution in [0.15, 0.2) is 60.7 Å². The van der Waals surface area contributed by atoms with Crippen molar-refractivity contribution in [2.75, 3.05) is 0 Å². The van der Waals surface area contributed by atoms with Gasteiger partial charge in [-0.1, -0.05) is 60.7 Å². The van der Waals surface area contributed by atoms with E-state index in [-0.39, 0.29) is 11.8 Å². The van der Waals surface area contributed by atoms with Crippen molar-refractivity contribution in [3.63, 3.8) is 0 Å². The van der Waals surface area contributed by atoms with Gasteiger partial charge in [0.05, 0.1) is 0 Å². The number of nitrogens with one attached hydrogen (secondary N) is 4. The molecular formula is C20H20N4O4. The van der Waals surface area contributed by atoms with Crippen LogP contribution >= 0.6 is 0 Å². The fraction of sp³-hybridized carbons (Fsp3) is 0.200. The van der Waals surface area contributed by atoms with E-state index < -0.39 is 24.1 Å². The minimum absolute atomic E-state index is 0.251. The third-order valence-electron chi connectivity index (χ3n) is 4.28. The summed E-state index contributed by atoms with van der Waals surface area (Å²) in [5.74, 6) is -0.502. The van der Waals surface area contributed by atoms with Crippen molar-refractivity contribution in [2.45, 2.75) is 24.9 Å². The van der Waals surface area contributed by atoms with Crippen molar-refractivity contribution in [1.29, 1.82) is 0 Å². The normalized spacial score (nSPS) is 20.4. The molecule has 2 fully saturated rings. The molecule has 0 spiro atoms. The highest BCUT2D eigenvalue weighted by atomic mass is 16.2. The van der Waals surface area contributed by atoms with Gasteiger partial charge in [0.1, 0.15) is 12.1 Å². The minimum Gasteiger partial charge on any atom is -0.326 e. The van der Waals surface area contributed by atoms with E-state index in [1.807, 2.05) is 60.7 Å². The predicted molar refractivity (Wildman–Crippen MR) is 101 cm³/mol. The highest BCUT2D eigenvalue weighted by Crippen LogP contribution is 2.06. The first-order chi connectivity index (χ1) is 13.5. The summed E-state index contributed by atoms with van der Waals surface area (Å²) in [5, 5.41) is 9.50. The average Bonchev–Trinajstić information content (AvgIpc) is 3.17. The molecule has 144 valence electrons. The Bertz CT molecular complexity index is 797. The fourth-order valence-corrected chi connectivity index (χ4v) is 2.90. The number of hydrogen-bond donors (Lipinski definition) is 4. The zero-order chi connectivity index (χ0) is 19.9. The summed E-state index contributed by atoms with van der Waals surface area (Å²) in [6, 6.07) is 17.5. The number of hydrogen-bond acceptors (Lipinski definition) is 4. The second-order valence-corrected chi connectivity index (χ2v) is 6.41. The molecule has 2 aromatic rings. The first-order valence-corrected chi connectivity index (χ1v) is 8.82. The molecule has 4 rings (SSSR count). The number of benzene rings is 2. The predicted octanol–water partition coefficient (Wildman–Crippen LogP) is 0.874. The summed E-state index contributed by atoms with van der Waals surface area (Å²) in [7, 11) is 0. The van der Waals surface area contributed by atoms with Crippen molar-refractivity contribution in [3.8, 4) is 0 Å². The molecule has 0 saturated carbocycles. The second-order valence-electron chi connectivity index (χ2n) is 6.41. The van der Waals surface area contributed by atoms with Gasteiger partial charge in [-0.15, -0.1) is 0 Å². The highest BCUT2D eigenvalue weighted by Gasteiger charge is 2.29. The molecule has 2 atom stereocenters. The molecular weight excluding hydrogens is 360 g/mol. The summed E-state index contributed by atoms with van der Waals surface area (Å²) in [6.07, 6.45) is 1.08. The molecule has 8 nitrogen and oxygen atoms in total. The number of carbonyl (C=O) groups is 4. The third kappa shape index (κ3) is 5.16. The van der Waals surface area contributed by atoms with Crippen LogP contribution < -0.4 is 21.3 Å². The van der Waals surface area contributed by atoms with Crippen LogP contribution in [0.4, 0.5) is 9.59 Å². The Hall–Kier alpha value is -3.68. The van der Waals surface area contributed by atoms with Crippen molar-refractivity contribution in [2.24, 2.45) is 0 Å². The lowest BCUT2D eigenvalue weighted by molar-refractivity contribution is -0.120. The van der Waals surface area contributed by atoms with Crippen molar-refractivity contribution >= 4 is 23.9 Å². The lowest BCUT2D eigenvalue weighted by Gasteiger charge is -2.06. The third-order valence-corrected chi connectivity index (χ3v) is 4.28. The van der Waals surface area contributed by atoms with Gasteiger partial charge < -0.3 is 10.6 Å². The smallest absolute Gasteiger partial charge is 0.322 e. The van der Waals surface area contributed by atoms with E-state index in [0.717, 1.165) is 11.1 Å². The lowest BCUT2D eigenvalue weighted by Crippen LogP contribution is -2.30. The van der Waals surface area contributed by atoms with Crippen LogP contribution in [0.2, 0.25) is 0 Å². The van der Waals surface area contributed by atoms with Gasteiger partial charge in [-0.25, -0.2) is 9.59 Å². The zero-order valence-electron chi connectivity index (χ0n) is 15.0. The standard InChI is InChI=1S/2C10H10N2O2/c2*13-9-8(11-10(14)12-9)6-7-4-2-1-3-5-7/h2*1-5,8H,6H2,(H2,11,12,13,14). The molecule has 28 heavy (non-hydrogen) atoms. The van der Waals surface area contributed by atoms with Crippen LogP contribution in [0.5, 0.6) is 0 Å². The van der Waals surface area contributed by atoms with Gasteiger partial charge in [-0.2, -0.15) is 0 Å². The molecule has 6 amide bonds. The maximum Gasteiger partial charge on any atom is 0.322 e. The summed E-state index contributed by atoms with van der Waals surface area (Å²) < 4.78 is 0. The van der Waals surface area contributed by atoms with Crippen molar-refractivity contribution in [1.82, 2.24) is 21.3 Å². The quantitative estimate of drug-likeness (QED) is 0.589. The summed E-state index contributed by atoms with van der Waals surface area (Å²) in [6.45, 7) is 0. The number of imide groups is 2. The Balaban J connectivity index is 0.000000161. The van der Waals surface area contributed by atoms with Crippen molar-refractivity contribution < 1.29 is 19.2 Å². The number of amides is 6. The summed E-state index contributed by atoms with van der Waals surface area (Å²) in [4.78, 5) is 44.0. The topological polar surface area (TPSA) is 116 Å². The number of rotatable bonds is 4. The average molecular weight is 380 g/mol. The van der Waals surface area contributed by atoms with E-state index in [9.17, 15) is 19.2 Å². The van der Waals surface area contributed by atoms with Crippen LogP contribution in [0.3, 0.4) is 0 Å². The van der Waals surface area contributed by atoms with Gasteiger partial charge in [0.25, 0.3) is 11.8 Å². The maximum absolute atomic E-state index is 11.2. The Morgan fingerprint density at radius 2 is 0.929 bits per heavy atom. The van der Waals surface area contributed by atoms with Gasteiger partial charge in [0, 0.05) is 12.8 Å². The molecule has 0 radical (unpaired) electrons. The lowest BCUT2D eigenvalue weighted by atomic mass is 10.1. The maximum atomic E-state index is 11.2. The molecule has 0 aromatic heterocycles. The first kappa shape index (κ1) is 19.1. The van der Waals surface area contributed by atoms with E-state index >= 15 is 0 Å². The first-order valence-electron chi connectivity index (χ1n) is 8.82. The minimum atomic E-state index is -0.426. The number of carbonyl (C=O) groups excluding carboxylic acids is 4. The summed E-state index contributed by atoms with van der Waals surface area (Å²) in [5.41, 5.74) is 2.07. The fourth-order valence-electron chi connectivity index (χ4n) is 2.90. The Morgan fingerprint density at radius 1 is 0.571 bits per heavy atom. The molecule has 0 bridgehead atoms. The number of urea groups is 2. The van der Waals surface area contributed by atoms with Gasteiger partial charge >= 0.3 is 12.1 Å². The van der Waals surface area contributed by atoms with Crippen LogP contribution in [-0.2, 0) is 22.4 Å². The molecule has 0 aliphatic carbocycles. The molecule has 2 aliphatic rings. The Morgan fingerprint density at radius 3 is 1.21 bits per heavy atom. The van der Waals surface area contributed by atoms with Crippen LogP contribution in [0.1, 0.15) is 11.1 Å². The molecule has 2 saturated heterocycles. The van der Waals surface area contributed by atoms with Gasteiger partial charge in [-0.05, 0) is 11.1 Å². The van der Waals surface area contributed by atoms with E-state index in [2.05, 4.69) is 21.3 Å². The summed E-state index contributed by atoms with van der Waals surface area (Å²) >= 11 is 0. The zero-order valence-corrected chi connectivity index (χ0v) is 15.0. The van der Waals surface area contributed by atoms with Gasteiger partial charge in [0.2, 0.25) is 0 Å². The molecule has 4 N–H and O–H groups in total. The largest absolute Gasteiger partial charge is 0.326 e. The van der Waals surface area contributed by atoms with Crippen LogP contribution in [0.25, 0.3) is 0 Å². The molecule has 2 aliphatic heterocycles. The van der Waals surface area contributed by atoms with Gasteiger partial charge in [-0.3, -0.25) is 20.2 Å². The van der Waals surface area contributed by atoms with Crippen LogP contribution in [0, 0.1) is 0 Å². The second kappa shape index (κ2) is 8.81. The Kier molecular flexibility index (Phi) is 6.01. The highest BCUT2D eigenvalue weighted by molar-refractivity contribution is 6.04. The monoisotopic (exact) mass is 380 g/mol. The van der Waals surface area contributed by atoms with E-state index in [1.165, 1.54) is 0 Å². The van der Waals surface area contributed by atoms with E-state index in [4.69, 9.17) is 0 Å².